The average Bonchev–Trinajstić information content (AvgIpc) is 3.90. The van der Waals surface area contributed by atoms with Gasteiger partial charge in [-0.2, -0.15) is 0 Å². The third-order valence-corrected chi connectivity index (χ3v) is 12.5. The van der Waals surface area contributed by atoms with Gasteiger partial charge in [0.15, 0.2) is 16.7 Å². The number of thiazole rings is 1. The number of anilines is 3. The van der Waals surface area contributed by atoms with Gasteiger partial charge in [0, 0.05) is 80.6 Å². The van der Waals surface area contributed by atoms with Crippen LogP contribution in [-0.4, -0.2) is 89.4 Å². The SMILES string of the molecule is O=C1CCC(N2Cc3cc(NC(=O)CCNCCCOCCCCNC(=O)C4(Cc5cccc(Nc6nccs6)n5)CCC(Oc5cccc(Cl)c5F)CC4)ccc3C2=O)C(=O)N1. The lowest BCUT2D eigenvalue weighted by molar-refractivity contribution is -0.137. The number of hydrogen-bond donors (Lipinski definition) is 5. The Bertz CT molecular complexity index is 2260. The number of pyridine rings is 1. The number of hydrogen-bond acceptors (Lipinski definition) is 12. The molecule has 0 bridgehead atoms. The first-order valence-corrected chi connectivity index (χ1v) is 22.7. The van der Waals surface area contributed by atoms with Crippen LogP contribution in [0.25, 0.3) is 0 Å². The maximum Gasteiger partial charge on any atom is 0.255 e. The van der Waals surface area contributed by atoms with Gasteiger partial charge in [-0.1, -0.05) is 23.7 Å². The minimum Gasteiger partial charge on any atom is -0.487 e. The monoisotopic (exact) mass is 902 g/mol. The van der Waals surface area contributed by atoms with E-state index in [0.29, 0.717) is 82.0 Å². The molecule has 5 amide bonds. The Kier molecular flexibility index (Phi) is 15.7. The van der Waals surface area contributed by atoms with E-state index in [2.05, 4.69) is 31.6 Å². The number of aromatic nitrogens is 2. The lowest BCUT2D eigenvalue weighted by atomic mass is 9.69. The fourth-order valence-electron chi connectivity index (χ4n) is 8.21. The molecule has 4 heterocycles. The molecule has 5 N–H and O–H groups in total. The number of nitrogens with zero attached hydrogens (tertiary/aromatic N) is 3. The van der Waals surface area contributed by atoms with E-state index >= 15 is 0 Å². The number of imide groups is 1. The Morgan fingerprint density at radius 1 is 0.984 bits per heavy atom. The summed E-state index contributed by atoms with van der Waals surface area (Å²) in [5, 5.41) is 17.5. The summed E-state index contributed by atoms with van der Waals surface area (Å²) in [6.07, 6.45) is 7.18. The van der Waals surface area contributed by atoms with Gasteiger partial charge in [0.2, 0.25) is 23.6 Å². The maximum atomic E-state index is 14.6. The van der Waals surface area contributed by atoms with Crippen LogP contribution in [0, 0.1) is 11.2 Å². The van der Waals surface area contributed by atoms with E-state index in [4.69, 9.17) is 26.1 Å². The maximum absolute atomic E-state index is 14.6. The Labute approximate surface area is 374 Å². The van der Waals surface area contributed by atoms with Crippen LogP contribution in [0.4, 0.5) is 21.0 Å². The van der Waals surface area contributed by atoms with Crippen molar-refractivity contribution in [3.8, 4) is 5.75 Å². The molecular formula is C45H52ClFN8O7S. The summed E-state index contributed by atoms with van der Waals surface area (Å²) in [6.45, 7) is 3.03. The van der Waals surface area contributed by atoms with Crippen LogP contribution < -0.4 is 31.3 Å². The molecule has 1 saturated carbocycles. The number of nitrogens with one attached hydrogen (secondary N) is 5. The standard InChI is InChI=1S/C45H52ClFN8O7S/c46-34-7-4-8-36(40(34)47)62-32-14-17-45(18-15-32,27-31-6-3-9-37(51-31)53-44-50-22-25-63-44)43(60)49-20-1-2-23-61-24-5-19-48-21-16-39(57)52-30-10-11-33-29(26-30)28-55(42(33)59)35-12-13-38(56)54-41(35)58/h3-4,6-11,22,25-26,32,35,48H,1-2,5,12-21,23-24,27-28H2,(H,49,60)(H,52,57)(H,50,51,53)(H,54,56,58). The van der Waals surface area contributed by atoms with Crippen molar-refractivity contribution in [1.82, 2.24) is 30.8 Å². The zero-order chi connectivity index (χ0) is 44.2. The largest absolute Gasteiger partial charge is 0.487 e. The fraction of sp³-hybridized carbons (Fsp3) is 0.444. The Morgan fingerprint density at radius 2 is 1.81 bits per heavy atom. The van der Waals surface area contributed by atoms with Crippen molar-refractivity contribution in [3.05, 3.63) is 93.8 Å². The summed E-state index contributed by atoms with van der Waals surface area (Å²) in [5.74, 6) is -1.06. The van der Waals surface area contributed by atoms with Gasteiger partial charge in [-0.25, -0.2) is 14.4 Å². The average molecular weight is 903 g/mol. The van der Waals surface area contributed by atoms with Crippen LogP contribution in [0.2, 0.25) is 5.02 Å². The van der Waals surface area contributed by atoms with Crippen molar-refractivity contribution in [3.63, 3.8) is 0 Å². The Balaban J connectivity index is 0.778. The lowest BCUT2D eigenvalue weighted by Crippen LogP contribution is -2.52. The summed E-state index contributed by atoms with van der Waals surface area (Å²) in [5.41, 5.74) is 1.86. The van der Waals surface area contributed by atoms with Gasteiger partial charge < -0.3 is 35.6 Å². The van der Waals surface area contributed by atoms with Crippen LogP contribution in [0.5, 0.6) is 5.75 Å². The third-order valence-electron chi connectivity index (χ3n) is 11.6. The van der Waals surface area contributed by atoms with Crippen LogP contribution >= 0.6 is 22.9 Å². The van der Waals surface area contributed by atoms with Gasteiger partial charge >= 0.3 is 0 Å². The molecule has 7 rings (SSSR count). The minimum absolute atomic E-state index is 0.00624. The van der Waals surface area contributed by atoms with E-state index in [1.54, 1.807) is 36.5 Å². The molecule has 2 aliphatic heterocycles. The molecule has 18 heteroatoms. The van der Waals surface area contributed by atoms with Crippen molar-refractivity contribution in [2.75, 3.05) is 43.5 Å². The molecule has 334 valence electrons. The molecule has 4 aromatic rings. The number of ether oxygens (including phenoxy) is 2. The second kappa shape index (κ2) is 21.7. The molecular weight excluding hydrogens is 851 g/mol. The smallest absolute Gasteiger partial charge is 0.255 e. The second-order valence-corrected chi connectivity index (χ2v) is 17.4. The zero-order valence-corrected chi connectivity index (χ0v) is 36.5. The predicted molar refractivity (Wildman–Crippen MR) is 236 cm³/mol. The highest BCUT2D eigenvalue weighted by molar-refractivity contribution is 7.13. The van der Waals surface area contributed by atoms with Crippen molar-refractivity contribution in [2.45, 2.75) is 89.3 Å². The molecule has 2 aromatic heterocycles. The number of carbonyl (C=O) groups excluding carboxylic acids is 5. The van der Waals surface area contributed by atoms with Crippen molar-refractivity contribution >= 4 is 69.1 Å². The summed E-state index contributed by atoms with van der Waals surface area (Å²) in [7, 11) is 0. The molecule has 1 aliphatic carbocycles. The van der Waals surface area contributed by atoms with E-state index < -0.39 is 23.2 Å². The van der Waals surface area contributed by atoms with E-state index in [0.717, 1.165) is 35.7 Å². The number of unbranched alkanes of at least 4 members (excludes halogenated alkanes) is 1. The van der Waals surface area contributed by atoms with E-state index in [1.165, 1.54) is 22.3 Å². The summed E-state index contributed by atoms with van der Waals surface area (Å²) < 4.78 is 26.5. The van der Waals surface area contributed by atoms with Crippen LogP contribution in [0.3, 0.4) is 0 Å². The van der Waals surface area contributed by atoms with Gasteiger partial charge in [-0.15, -0.1) is 11.3 Å². The normalized spacial score (nSPS) is 19.7. The van der Waals surface area contributed by atoms with E-state index in [1.807, 2.05) is 23.6 Å². The quantitative estimate of drug-likeness (QED) is 0.0465. The summed E-state index contributed by atoms with van der Waals surface area (Å²) >= 11 is 7.46. The molecule has 0 radical (unpaired) electrons. The first-order chi connectivity index (χ1) is 30.6. The topological polar surface area (TPSA) is 193 Å². The van der Waals surface area contributed by atoms with Gasteiger partial charge in [-0.05, 0) is 106 Å². The molecule has 63 heavy (non-hydrogen) atoms. The highest BCUT2D eigenvalue weighted by Gasteiger charge is 2.43. The molecule has 15 nitrogen and oxygen atoms in total. The highest BCUT2D eigenvalue weighted by atomic mass is 35.5. The van der Waals surface area contributed by atoms with Crippen molar-refractivity contribution < 1.29 is 37.8 Å². The van der Waals surface area contributed by atoms with Crippen molar-refractivity contribution in [1.29, 1.82) is 0 Å². The number of halogens is 2. The minimum atomic E-state index is -0.712. The fourth-order valence-corrected chi connectivity index (χ4v) is 8.91. The third kappa shape index (κ3) is 12.2. The van der Waals surface area contributed by atoms with E-state index in [9.17, 15) is 28.4 Å². The predicted octanol–water partition coefficient (Wildman–Crippen LogP) is 6.31. The van der Waals surface area contributed by atoms with Gasteiger partial charge in [0.1, 0.15) is 11.9 Å². The highest BCUT2D eigenvalue weighted by Crippen LogP contribution is 2.41. The molecule has 2 aromatic carbocycles. The number of rotatable bonds is 21. The van der Waals surface area contributed by atoms with Crippen LogP contribution in [0.1, 0.15) is 85.8 Å². The summed E-state index contributed by atoms with van der Waals surface area (Å²) in [4.78, 5) is 74.0. The zero-order valence-electron chi connectivity index (χ0n) is 34.9. The molecule has 2 fully saturated rings. The number of benzene rings is 2. The second-order valence-electron chi connectivity index (χ2n) is 16.1. The number of amides is 5. The van der Waals surface area contributed by atoms with Gasteiger partial charge in [0.25, 0.3) is 5.91 Å². The first-order valence-electron chi connectivity index (χ1n) is 21.4. The van der Waals surface area contributed by atoms with Crippen LogP contribution in [0.15, 0.2) is 66.2 Å². The Hall–Kier alpha value is -5.49. The lowest BCUT2D eigenvalue weighted by Gasteiger charge is -2.39. The van der Waals surface area contributed by atoms with E-state index in [-0.39, 0.29) is 66.3 Å². The first kappa shape index (κ1) is 45.5. The molecule has 0 spiro atoms. The number of piperidine rings is 1. The Morgan fingerprint density at radius 3 is 2.62 bits per heavy atom. The molecule has 1 unspecified atom stereocenters. The van der Waals surface area contributed by atoms with Gasteiger partial charge in [0.05, 0.1) is 16.5 Å². The molecule has 3 aliphatic rings. The van der Waals surface area contributed by atoms with Crippen LogP contribution in [-0.2, 0) is 36.9 Å². The number of fused-ring (bicyclic) bond motifs is 1. The number of carbonyl (C=O) groups is 5. The molecule has 1 atom stereocenters. The molecule has 1 saturated heterocycles. The van der Waals surface area contributed by atoms with Gasteiger partial charge in [-0.3, -0.25) is 29.3 Å². The summed E-state index contributed by atoms with van der Waals surface area (Å²) in [6, 6.07) is 14.8. The van der Waals surface area contributed by atoms with Crippen molar-refractivity contribution in [2.24, 2.45) is 5.41 Å².